The van der Waals surface area contributed by atoms with E-state index in [4.69, 9.17) is 16.6 Å². The molecule has 0 aliphatic carbocycles. The summed E-state index contributed by atoms with van der Waals surface area (Å²) in [5.41, 5.74) is 3.12. The second-order valence-corrected chi connectivity index (χ2v) is 6.06. The van der Waals surface area contributed by atoms with Crippen LogP contribution in [0.25, 0.3) is 11.2 Å². The monoisotopic (exact) mass is 282 g/mol. The van der Waals surface area contributed by atoms with Crippen LogP contribution in [0.2, 0.25) is 0 Å². The second-order valence-electron chi connectivity index (χ2n) is 5.68. The zero-order valence-corrected chi connectivity index (χ0v) is 13.2. The van der Waals surface area contributed by atoms with E-state index in [0.717, 1.165) is 35.6 Å². The molecule has 0 fully saturated rings. The van der Waals surface area contributed by atoms with Crippen molar-refractivity contribution in [1.29, 1.82) is 0 Å². The molecule has 0 saturated heterocycles. The largest absolute Gasteiger partial charge is 0.313 e. The normalized spacial score (nSPS) is 13.6. The molecule has 2 heterocycles. The van der Waals surface area contributed by atoms with Crippen molar-refractivity contribution in [2.24, 2.45) is 18.9 Å². The zero-order chi connectivity index (χ0) is 14.2. The maximum atomic E-state index is 5.91. The van der Waals surface area contributed by atoms with Crippen molar-refractivity contribution in [3.8, 4) is 0 Å². The average Bonchev–Trinajstić information content (AvgIpc) is 2.80. The Kier molecular flexibility index (Phi) is 4.19. The van der Waals surface area contributed by atoms with E-state index in [0.29, 0.717) is 17.7 Å². The lowest BCUT2D eigenvalue weighted by atomic mass is 9.98. The van der Waals surface area contributed by atoms with Gasteiger partial charge in [0.25, 0.3) is 0 Å². The van der Waals surface area contributed by atoms with E-state index >= 15 is 0 Å². The number of nitrogens with zero attached hydrogens (tertiary/aromatic N) is 4. The summed E-state index contributed by atoms with van der Waals surface area (Å²) in [5, 5.41) is 4.46. The number of fused-ring (bicyclic) bond motifs is 1. The third-order valence-corrected chi connectivity index (χ3v) is 4.08. The molecule has 1 unspecified atom stereocenters. The number of hydrogen-bond acceptors (Lipinski definition) is 2. The minimum absolute atomic E-state index is 0.599. The van der Waals surface area contributed by atoms with Gasteiger partial charge in [0.05, 0.1) is 5.69 Å². The van der Waals surface area contributed by atoms with Gasteiger partial charge in [0.2, 0.25) is 0 Å². The van der Waals surface area contributed by atoms with Gasteiger partial charge in [0, 0.05) is 25.9 Å². The molecule has 106 valence electrons. The molecule has 5 heteroatoms. The van der Waals surface area contributed by atoms with E-state index in [1.807, 2.05) is 18.7 Å². The molecule has 19 heavy (non-hydrogen) atoms. The Balaban J connectivity index is 2.50. The van der Waals surface area contributed by atoms with Crippen molar-refractivity contribution >= 4 is 22.8 Å². The number of rotatable bonds is 5. The Morgan fingerprint density at radius 2 is 1.95 bits per heavy atom. The molecule has 0 radical (unpaired) electrons. The van der Waals surface area contributed by atoms with Crippen LogP contribution in [0.15, 0.2) is 0 Å². The van der Waals surface area contributed by atoms with Gasteiger partial charge in [-0.15, -0.1) is 11.6 Å². The fourth-order valence-corrected chi connectivity index (χ4v) is 2.51. The third-order valence-electron chi connectivity index (χ3n) is 3.90. The molecular formula is C14H23ClN4. The van der Waals surface area contributed by atoms with Crippen molar-refractivity contribution in [1.82, 2.24) is 19.3 Å². The number of imidazole rings is 1. The van der Waals surface area contributed by atoms with E-state index in [9.17, 15) is 0 Å². The van der Waals surface area contributed by atoms with E-state index in [-0.39, 0.29) is 0 Å². The van der Waals surface area contributed by atoms with Gasteiger partial charge in [-0.2, -0.15) is 5.10 Å². The summed E-state index contributed by atoms with van der Waals surface area (Å²) in [4.78, 5) is 4.73. The highest BCUT2D eigenvalue weighted by Gasteiger charge is 2.19. The molecule has 0 bridgehead atoms. The Morgan fingerprint density at radius 3 is 2.53 bits per heavy atom. The van der Waals surface area contributed by atoms with Gasteiger partial charge >= 0.3 is 0 Å². The van der Waals surface area contributed by atoms with E-state index < -0.39 is 0 Å². The molecule has 0 saturated carbocycles. The van der Waals surface area contributed by atoms with Crippen LogP contribution in [-0.2, 0) is 20.0 Å². The summed E-state index contributed by atoms with van der Waals surface area (Å²) in [7, 11) is 1.98. The Bertz CT molecular complexity index is 568. The van der Waals surface area contributed by atoms with Gasteiger partial charge in [-0.05, 0) is 18.8 Å². The zero-order valence-electron chi connectivity index (χ0n) is 12.4. The standard InChI is InChI=1S/C14H23ClN4/c1-9(2)10(3)8-19-12(6-7-15)16-13-11(4)17-18(5)14(13)19/h9-10H,6-8H2,1-5H3. The smallest absolute Gasteiger partial charge is 0.158 e. The van der Waals surface area contributed by atoms with Crippen molar-refractivity contribution in [2.75, 3.05) is 5.88 Å². The highest BCUT2D eigenvalue weighted by atomic mass is 35.5. The number of aromatic nitrogens is 4. The lowest BCUT2D eigenvalue weighted by Gasteiger charge is -2.18. The van der Waals surface area contributed by atoms with Crippen LogP contribution in [0.5, 0.6) is 0 Å². The van der Waals surface area contributed by atoms with Crippen molar-refractivity contribution in [3.05, 3.63) is 11.5 Å². The number of alkyl halides is 1. The lowest BCUT2D eigenvalue weighted by molar-refractivity contribution is 0.362. The number of hydrogen-bond donors (Lipinski definition) is 0. The molecule has 0 amide bonds. The third kappa shape index (κ3) is 2.64. The molecule has 1 atom stereocenters. The first-order chi connectivity index (χ1) is 8.95. The van der Waals surface area contributed by atoms with E-state index in [1.165, 1.54) is 0 Å². The van der Waals surface area contributed by atoms with Crippen molar-refractivity contribution in [3.63, 3.8) is 0 Å². The predicted octanol–water partition coefficient (Wildman–Crippen LogP) is 3.15. The molecule has 2 aromatic rings. The van der Waals surface area contributed by atoms with Crippen LogP contribution in [0, 0.1) is 18.8 Å². The molecule has 2 aromatic heterocycles. The first kappa shape index (κ1) is 14.4. The van der Waals surface area contributed by atoms with Gasteiger partial charge in [-0.1, -0.05) is 20.8 Å². The second kappa shape index (κ2) is 5.53. The van der Waals surface area contributed by atoms with Crippen LogP contribution in [0.1, 0.15) is 32.3 Å². The fourth-order valence-electron chi connectivity index (χ4n) is 2.35. The van der Waals surface area contributed by atoms with E-state index in [2.05, 4.69) is 30.4 Å². The van der Waals surface area contributed by atoms with Crippen LogP contribution in [-0.4, -0.2) is 25.2 Å². The van der Waals surface area contributed by atoms with Crippen LogP contribution in [0.3, 0.4) is 0 Å². The van der Waals surface area contributed by atoms with E-state index in [1.54, 1.807) is 0 Å². The fraction of sp³-hybridized carbons (Fsp3) is 0.714. The molecule has 0 aliphatic rings. The number of halogens is 1. The van der Waals surface area contributed by atoms with Gasteiger partial charge in [-0.3, -0.25) is 4.68 Å². The highest BCUT2D eigenvalue weighted by Crippen LogP contribution is 2.23. The predicted molar refractivity (Wildman–Crippen MR) is 79.7 cm³/mol. The maximum absolute atomic E-state index is 5.91. The SMILES string of the molecule is Cc1nn(C)c2c1nc(CCCl)n2CC(C)C(C)C. The summed E-state index contributed by atoms with van der Waals surface area (Å²) >= 11 is 5.91. The lowest BCUT2D eigenvalue weighted by Crippen LogP contribution is -2.17. The number of aryl methyl sites for hydroxylation is 3. The average molecular weight is 283 g/mol. The summed E-state index contributed by atoms with van der Waals surface area (Å²) < 4.78 is 4.23. The molecule has 0 aliphatic heterocycles. The maximum Gasteiger partial charge on any atom is 0.158 e. The summed E-state index contributed by atoms with van der Waals surface area (Å²) in [6.07, 6.45) is 0.806. The minimum Gasteiger partial charge on any atom is -0.313 e. The van der Waals surface area contributed by atoms with Crippen LogP contribution < -0.4 is 0 Å². The van der Waals surface area contributed by atoms with Crippen LogP contribution in [0.4, 0.5) is 0 Å². The minimum atomic E-state index is 0.599. The highest BCUT2D eigenvalue weighted by molar-refractivity contribution is 6.17. The Hall–Kier alpha value is -1.03. The molecule has 0 spiro atoms. The summed E-state index contributed by atoms with van der Waals surface area (Å²) in [5.74, 6) is 2.93. The molecule has 4 nitrogen and oxygen atoms in total. The first-order valence-corrected chi connectivity index (χ1v) is 7.43. The molecular weight excluding hydrogens is 260 g/mol. The van der Waals surface area contributed by atoms with Gasteiger partial charge in [-0.25, -0.2) is 4.98 Å². The van der Waals surface area contributed by atoms with Gasteiger partial charge in [0.15, 0.2) is 5.65 Å². The van der Waals surface area contributed by atoms with Crippen molar-refractivity contribution < 1.29 is 0 Å². The summed E-state index contributed by atoms with van der Waals surface area (Å²) in [6, 6.07) is 0. The molecule has 2 rings (SSSR count). The van der Waals surface area contributed by atoms with Crippen LogP contribution >= 0.6 is 11.6 Å². The topological polar surface area (TPSA) is 35.6 Å². The quantitative estimate of drug-likeness (QED) is 0.790. The Morgan fingerprint density at radius 1 is 1.26 bits per heavy atom. The summed E-state index contributed by atoms with van der Waals surface area (Å²) in [6.45, 7) is 9.78. The van der Waals surface area contributed by atoms with Crippen molar-refractivity contribution in [2.45, 2.75) is 40.7 Å². The molecule has 0 aromatic carbocycles. The van der Waals surface area contributed by atoms with Gasteiger partial charge < -0.3 is 4.57 Å². The first-order valence-electron chi connectivity index (χ1n) is 6.90. The molecule has 0 N–H and O–H groups in total. The van der Waals surface area contributed by atoms with Gasteiger partial charge in [0.1, 0.15) is 11.3 Å². The Labute approximate surface area is 119 Å².